The van der Waals surface area contributed by atoms with Crippen molar-refractivity contribution >= 4 is 17.3 Å². The summed E-state index contributed by atoms with van der Waals surface area (Å²) in [6.45, 7) is 2.04. The summed E-state index contributed by atoms with van der Waals surface area (Å²) in [6.07, 6.45) is 0. The molecule has 0 saturated carbocycles. The largest absolute Gasteiger partial charge is 0.351 e. The molecule has 1 aliphatic heterocycles. The van der Waals surface area contributed by atoms with E-state index >= 15 is 0 Å². The molecule has 4 aromatic carbocycles. The van der Waals surface area contributed by atoms with E-state index in [1.807, 2.05) is 127 Å². The first-order valence-electron chi connectivity index (χ1n) is 10.5. The van der Waals surface area contributed by atoms with Gasteiger partial charge in [-0.15, -0.1) is 0 Å². The molecule has 0 fully saturated rings. The summed E-state index contributed by atoms with van der Waals surface area (Å²) in [6, 6.07) is 36.6. The molecule has 0 N–H and O–H groups in total. The van der Waals surface area contributed by atoms with E-state index in [0.29, 0.717) is 17.0 Å². The highest BCUT2D eigenvalue weighted by Crippen LogP contribution is 2.43. The van der Waals surface area contributed by atoms with Crippen LogP contribution in [0.5, 0.6) is 0 Å². The van der Waals surface area contributed by atoms with Gasteiger partial charge in [0.1, 0.15) is 0 Å². The Morgan fingerprint density at radius 3 is 1.94 bits per heavy atom. The maximum absolute atomic E-state index is 14.2. The van der Waals surface area contributed by atoms with Gasteiger partial charge in [-0.25, -0.2) is 0 Å². The number of rotatable bonds is 5. The second kappa shape index (κ2) is 8.16. The Labute approximate surface area is 187 Å². The molecule has 0 radical (unpaired) electrons. The van der Waals surface area contributed by atoms with Crippen LogP contribution < -0.4 is 4.90 Å². The highest BCUT2D eigenvalue weighted by Gasteiger charge is 2.55. The van der Waals surface area contributed by atoms with Gasteiger partial charge in [0, 0.05) is 22.4 Å². The van der Waals surface area contributed by atoms with E-state index in [-0.39, 0.29) is 5.78 Å². The van der Waals surface area contributed by atoms with E-state index in [1.165, 1.54) is 0 Å². The molecule has 1 aliphatic rings. The number of carbonyl (C=O) groups excluding carboxylic acids is 1. The molecular weight excluding hydrogens is 396 g/mol. The van der Waals surface area contributed by atoms with Gasteiger partial charge in [0.2, 0.25) is 5.78 Å². The van der Waals surface area contributed by atoms with Gasteiger partial charge in [0.05, 0.1) is 0 Å². The quantitative estimate of drug-likeness (QED) is 0.377. The number of amidine groups is 1. The summed E-state index contributed by atoms with van der Waals surface area (Å²) in [5, 5.41) is 4.48. The molecule has 5 rings (SSSR count). The Morgan fingerprint density at radius 2 is 1.31 bits per heavy atom. The van der Waals surface area contributed by atoms with Crippen molar-refractivity contribution in [2.24, 2.45) is 5.16 Å². The van der Waals surface area contributed by atoms with Gasteiger partial charge in [-0.3, -0.25) is 9.69 Å². The zero-order chi connectivity index (χ0) is 22.0. The lowest BCUT2D eigenvalue weighted by atomic mass is 9.90. The van der Waals surface area contributed by atoms with Crippen molar-refractivity contribution in [1.82, 2.24) is 0 Å². The molecule has 156 valence electrons. The predicted molar refractivity (Wildman–Crippen MR) is 127 cm³/mol. The Hall–Kier alpha value is -4.18. The third-order valence-electron chi connectivity index (χ3n) is 5.62. The van der Waals surface area contributed by atoms with Crippen molar-refractivity contribution in [1.29, 1.82) is 0 Å². The van der Waals surface area contributed by atoms with Crippen molar-refractivity contribution in [2.45, 2.75) is 12.6 Å². The summed E-state index contributed by atoms with van der Waals surface area (Å²) in [5.41, 5.74) is 2.62. The molecule has 1 atom stereocenters. The van der Waals surface area contributed by atoms with Crippen molar-refractivity contribution in [3.8, 4) is 0 Å². The van der Waals surface area contributed by atoms with Gasteiger partial charge in [-0.05, 0) is 19.1 Å². The number of anilines is 1. The number of oxime groups is 1. The summed E-state index contributed by atoms with van der Waals surface area (Å²) >= 11 is 0. The van der Waals surface area contributed by atoms with Gasteiger partial charge < -0.3 is 4.84 Å². The number of hydrogen-bond acceptors (Lipinski definition) is 4. The zero-order valence-electron chi connectivity index (χ0n) is 17.7. The van der Waals surface area contributed by atoms with Crippen molar-refractivity contribution in [2.75, 3.05) is 4.90 Å². The Bertz CT molecular complexity index is 1250. The third-order valence-corrected chi connectivity index (χ3v) is 5.62. The van der Waals surface area contributed by atoms with Crippen LogP contribution in [0.1, 0.15) is 27.0 Å². The number of carbonyl (C=O) groups is 1. The first kappa shape index (κ1) is 19.8. The molecule has 0 aliphatic carbocycles. The number of aryl methyl sites for hydroxylation is 1. The number of benzene rings is 4. The van der Waals surface area contributed by atoms with E-state index < -0.39 is 5.72 Å². The molecule has 32 heavy (non-hydrogen) atoms. The van der Waals surface area contributed by atoms with E-state index in [9.17, 15) is 4.79 Å². The van der Waals surface area contributed by atoms with Gasteiger partial charge in [0.15, 0.2) is 5.84 Å². The Balaban J connectivity index is 1.76. The molecule has 0 amide bonds. The van der Waals surface area contributed by atoms with Gasteiger partial charge in [-0.2, -0.15) is 0 Å². The fourth-order valence-electron chi connectivity index (χ4n) is 4.01. The fourth-order valence-corrected chi connectivity index (χ4v) is 4.01. The molecule has 1 unspecified atom stereocenters. The minimum Gasteiger partial charge on any atom is -0.351 e. The normalized spacial score (nSPS) is 17.5. The molecule has 0 bridgehead atoms. The minimum absolute atomic E-state index is 0.181. The van der Waals surface area contributed by atoms with Crippen LogP contribution in [0.2, 0.25) is 0 Å². The van der Waals surface area contributed by atoms with Crippen LogP contribution >= 0.6 is 0 Å². The molecule has 0 spiro atoms. The Kier molecular flexibility index (Phi) is 5.04. The van der Waals surface area contributed by atoms with Crippen LogP contribution in [0, 0.1) is 6.92 Å². The monoisotopic (exact) mass is 418 g/mol. The van der Waals surface area contributed by atoms with Crippen molar-refractivity contribution in [3.63, 3.8) is 0 Å². The number of nitrogens with zero attached hydrogens (tertiary/aromatic N) is 2. The summed E-state index contributed by atoms with van der Waals surface area (Å²) in [4.78, 5) is 22.2. The molecule has 0 aromatic heterocycles. The van der Waals surface area contributed by atoms with Crippen LogP contribution in [0.3, 0.4) is 0 Å². The molecule has 4 aromatic rings. The molecule has 1 heterocycles. The van der Waals surface area contributed by atoms with E-state index in [2.05, 4.69) is 5.16 Å². The maximum Gasteiger partial charge on any atom is 0.304 e. The molecule has 4 nitrogen and oxygen atoms in total. The van der Waals surface area contributed by atoms with Crippen LogP contribution in [0.15, 0.2) is 120 Å². The predicted octanol–water partition coefficient (Wildman–Crippen LogP) is 5.93. The van der Waals surface area contributed by atoms with Gasteiger partial charge >= 0.3 is 5.72 Å². The van der Waals surface area contributed by atoms with E-state index in [4.69, 9.17) is 4.84 Å². The first-order chi connectivity index (χ1) is 15.7. The van der Waals surface area contributed by atoms with Crippen LogP contribution in [0.4, 0.5) is 5.69 Å². The summed E-state index contributed by atoms with van der Waals surface area (Å²) in [7, 11) is 0. The topological polar surface area (TPSA) is 41.9 Å². The van der Waals surface area contributed by atoms with Crippen LogP contribution in [-0.2, 0) is 10.6 Å². The molecular formula is C28H22N2O2. The Morgan fingerprint density at radius 1 is 0.750 bits per heavy atom. The lowest BCUT2D eigenvalue weighted by molar-refractivity contribution is -0.00648. The van der Waals surface area contributed by atoms with E-state index in [0.717, 1.165) is 16.8 Å². The first-order valence-corrected chi connectivity index (χ1v) is 10.5. The third kappa shape index (κ3) is 3.26. The molecule has 0 saturated heterocycles. The average Bonchev–Trinajstić information content (AvgIpc) is 3.27. The van der Waals surface area contributed by atoms with Crippen molar-refractivity contribution < 1.29 is 9.63 Å². The minimum atomic E-state index is -1.47. The highest BCUT2D eigenvalue weighted by atomic mass is 16.7. The average molecular weight is 418 g/mol. The van der Waals surface area contributed by atoms with Crippen LogP contribution in [-0.4, -0.2) is 11.6 Å². The van der Waals surface area contributed by atoms with Gasteiger partial charge in [0.25, 0.3) is 0 Å². The SMILES string of the molecule is Cc1ccc(N2C(c3ccccc3)=NOC2(C(=O)c2ccccc2)c2ccccc2)cc1. The second-order valence-corrected chi connectivity index (χ2v) is 7.75. The smallest absolute Gasteiger partial charge is 0.304 e. The number of Topliss-reactive ketones (excluding diaryl/α,β-unsaturated/α-hetero) is 1. The van der Waals surface area contributed by atoms with Crippen molar-refractivity contribution in [3.05, 3.63) is 138 Å². The zero-order valence-corrected chi connectivity index (χ0v) is 17.7. The maximum atomic E-state index is 14.2. The molecule has 4 heteroatoms. The number of ketones is 1. The number of hydrogen-bond donors (Lipinski definition) is 0. The van der Waals surface area contributed by atoms with Gasteiger partial charge in [-0.1, -0.05) is 114 Å². The highest BCUT2D eigenvalue weighted by molar-refractivity contribution is 6.18. The fraction of sp³-hybridized carbons (Fsp3) is 0.0714. The van der Waals surface area contributed by atoms with E-state index in [1.54, 1.807) is 0 Å². The summed E-state index contributed by atoms with van der Waals surface area (Å²) < 4.78 is 0. The second-order valence-electron chi connectivity index (χ2n) is 7.75. The van der Waals surface area contributed by atoms with Crippen LogP contribution in [0.25, 0.3) is 0 Å². The lowest BCUT2D eigenvalue weighted by Gasteiger charge is -2.36. The lowest BCUT2D eigenvalue weighted by Crippen LogP contribution is -2.52. The summed E-state index contributed by atoms with van der Waals surface area (Å²) in [5.74, 6) is 0.405. The standard InChI is InChI=1S/C28H22N2O2/c1-21-17-19-25(20-18-21)30-27(23-13-7-3-8-14-23)29-32-28(30,24-15-9-4-10-16-24)26(31)22-11-5-2-6-12-22/h2-20H,1H3.